The molecule has 122 valence electrons. The molecule has 0 aliphatic heterocycles. The molecule has 0 aromatic carbocycles. The first-order valence-corrected chi connectivity index (χ1v) is 7.89. The quantitative estimate of drug-likeness (QED) is 0.581. The van der Waals surface area contributed by atoms with Gasteiger partial charge in [-0.15, -0.1) is 0 Å². The monoisotopic (exact) mass is 298 g/mol. The lowest BCUT2D eigenvalue weighted by atomic mass is 10.2. The van der Waals surface area contributed by atoms with Crippen LogP contribution in [0.1, 0.15) is 47.5 Å². The highest BCUT2D eigenvalue weighted by molar-refractivity contribution is 5.79. The molecule has 0 radical (unpaired) electrons. The number of hydrogen-bond donors (Lipinski definition) is 2. The second kappa shape index (κ2) is 8.10. The van der Waals surface area contributed by atoms with Crippen LogP contribution in [0.3, 0.4) is 0 Å². The fourth-order valence-electron chi connectivity index (χ4n) is 1.91. The van der Waals surface area contributed by atoms with Gasteiger partial charge in [0.25, 0.3) is 0 Å². The minimum atomic E-state index is -0.452. The van der Waals surface area contributed by atoms with Crippen molar-refractivity contribution in [2.24, 2.45) is 4.99 Å². The van der Waals surface area contributed by atoms with Crippen LogP contribution >= 0.6 is 0 Å². The summed E-state index contributed by atoms with van der Waals surface area (Å²) >= 11 is 0. The molecule has 0 bridgehead atoms. The van der Waals surface area contributed by atoms with Crippen molar-refractivity contribution in [2.45, 2.75) is 59.1 Å². The number of guanidine groups is 1. The summed E-state index contributed by atoms with van der Waals surface area (Å²) in [7, 11) is 0. The van der Waals surface area contributed by atoms with Gasteiger partial charge in [-0.05, 0) is 47.5 Å². The van der Waals surface area contributed by atoms with Crippen LogP contribution in [0.25, 0.3) is 0 Å². The van der Waals surface area contributed by atoms with E-state index in [1.54, 1.807) is 0 Å². The first-order chi connectivity index (χ1) is 9.87. The Kier molecular flexibility index (Phi) is 6.78. The molecule has 1 amide bonds. The van der Waals surface area contributed by atoms with E-state index in [9.17, 15) is 4.79 Å². The lowest BCUT2D eigenvalue weighted by molar-refractivity contribution is 0.0240. The molecule has 0 saturated heterocycles. The van der Waals surface area contributed by atoms with Gasteiger partial charge in [0.1, 0.15) is 5.60 Å². The number of nitrogens with one attached hydrogen (secondary N) is 2. The van der Waals surface area contributed by atoms with Gasteiger partial charge in [-0.25, -0.2) is 4.79 Å². The Bertz CT molecular complexity index is 351. The Morgan fingerprint density at radius 3 is 2.24 bits per heavy atom. The molecule has 0 atom stereocenters. The summed E-state index contributed by atoms with van der Waals surface area (Å²) in [6.45, 7) is 12.6. The normalized spacial score (nSPS) is 14.3. The fraction of sp³-hybridized carbons (Fsp3) is 0.867. The standard InChI is InChI=1S/C15H30N4O2/c1-6-16-13(17-7-2)18-10-11-19(12-8-9-12)14(20)21-15(3,4)5/h12H,6-11H2,1-5H3,(H2,16,17,18). The van der Waals surface area contributed by atoms with Crippen LogP contribution in [-0.4, -0.2) is 54.8 Å². The first-order valence-electron chi connectivity index (χ1n) is 7.89. The molecule has 0 heterocycles. The SMILES string of the molecule is CCNC(=NCCN(C(=O)OC(C)(C)C)C1CC1)NCC. The summed E-state index contributed by atoms with van der Waals surface area (Å²) in [5, 5.41) is 6.35. The topological polar surface area (TPSA) is 66.0 Å². The molecular formula is C15H30N4O2. The van der Waals surface area contributed by atoms with E-state index in [1.807, 2.05) is 39.5 Å². The van der Waals surface area contributed by atoms with Crippen LogP contribution in [0.4, 0.5) is 4.79 Å². The van der Waals surface area contributed by atoms with Gasteiger partial charge in [-0.1, -0.05) is 0 Å². The molecule has 0 unspecified atom stereocenters. The average Bonchev–Trinajstić information content (AvgIpc) is 3.17. The van der Waals surface area contributed by atoms with Crippen molar-refractivity contribution in [1.82, 2.24) is 15.5 Å². The number of rotatable bonds is 6. The number of carbonyl (C=O) groups excluding carboxylic acids is 1. The van der Waals surface area contributed by atoms with E-state index in [-0.39, 0.29) is 6.09 Å². The van der Waals surface area contributed by atoms with Gasteiger partial charge in [0.15, 0.2) is 5.96 Å². The van der Waals surface area contributed by atoms with Gasteiger partial charge < -0.3 is 20.3 Å². The van der Waals surface area contributed by atoms with Crippen molar-refractivity contribution in [3.8, 4) is 0 Å². The predicted molar refractivity (Wildman–Crippen MR) is 85.6 cm³/mol. The van der Waals surface area contributed by atoms with Crippen molar-refractivity contribution < 1.29 is 9.53 Å². The Balaban J connectivity index is 2.51. The van der Waals surface area contributed by atoms with Crippen LogP contribution in [0.5, 0.6) is 0 Å². The van der Waals surface area contributed by atoms with E-state index in [0.717, 1.165) is 31.9 Å². The number of hydrogen-bond acceptors (Lipinski definition) is 3. The summed E-state index contributed by atoms with van der Waals surface area (Å²) in [4.78, 5) is 18.5. The summed E-state index contributed by atoms with van der Waals surface area (Å²) in [5.74, 6) is 0.792. The molecule has 0 spiro atoms. The lowest BCUT2D eigenvalue weighted by Crippen LogP contribution is -2.41. The maximum Gasteiger partial charge on any atom is 0.410 e. The van der Waals surface area contributed by atoms with E-state index >= 15 is 0 Å². The van der Waals surface area contributed by atoms with Crippen molar-refractivity contribution in [3.05, 3.63) is 0 Å². The Morgan fingerprint density at radius 2 is 1.81 bits per heavy atom. The molecule has 2 N–H and O–H groups in total. The van der Waals surface area contributed by atoms with Crippen molar-refractivity contribution in [2.75, 3.05) is 26.2 Å². The molecular weight excluding hydrogens is 268 g/mol. The van der Waals surface area contributed by atoms with Crippen molar-refractivity contribution in [1.29, 1.82) is 0 Å². The molecule has 21 heavy (non-hydrogen) atoms. The number of carbonyl (C=O) groups is 1. The molecule has 1 aliphatic rings. The molecule has 1 aliphatic carbocycles. The molecule has 6 heteroatoms. The van der Waals surface area contributed by atoms with Crippen LogP contribution in [0, 0.1) is 0 Å². The van der Waals surface area contributed by atoms with E-state index in [0.29, 0.717) is 19.1 Å². The van der Waals surface area contributed by atoms with Crippen LogP contribution < -0.4 is 10.6 Å². The highest BCUT2D eigenvalue weighted by atomic mass is 16.6. The number of aliphatic imine (C=N–C) groups is 1. The zero-order valence-corrected chi connectivity index (χ0v) is 14.0. The zero-order chi connectivity index (χ0) is 15.9. The van der Waals surface area contributed by atoms with Gasteiger partial charge in [0.05, 0.1) is 6.54 Å². The van der Waals surface area contributed by atoms with Gasteiger partial charge in [-0.2, -0.15) is 0 Å². The fourth-order valence-corrected chi connectivity index (χ4v) is 1.91. The van der Waals surface area contributed by atoms with Gasteiger partial charge in [0.2, 0.25) is 0 Å². The minimum Gasteiger partial charge on any atom is -0.444 e. The van der Waals surface area contributed by atoms with E-state index < -0.39 is 5.60 Å². The summed E-state index contributed by atoms with van der Waals surface area (Å²) < 4.78 is 5.46. The second-order valence-electron chi connectivity index (χ2n) is 6.20. The molecule has 0 aromatic heterocycles. The molecule has 1 fully saturated rings. The number of ether oxygens (including phenoxy) is 1. The van der Waals surface area contributed by atoms with Crippen LogP contribution in [0.15, 0.2) is 4.99 Å². The third kappa shape index (κ3) is 7.20. The van der Waals surface area contributed by atoms with E-state index in [2.05, 4.69) is 15.6 Å². The van der Waals surface area contributed by atoms with Crippen molar-refractivity contribution >= 4 is 12.1 Å². The van der Waals surface area contributed by atoms with Gasteiger partial charge >= 0.3 is 6.09 Å². The highest BCUT2D eigenvalue weighted by Crippen LogP contribution is 2.28. The highest BCUT2D eigenvalue weighted by Gasteiger charge is 2.34. The lowest BCUT2D eigenvalue weighted by Gasteiger charge is -2.27. The second-order valence-corrected chi connectivity index (χ2v) is 6.20. The molecule has 6 nitrogen and oxygen atoms in total. The average molecular weight is 298 g/mol. The Labute approximate surface area is 128 Å². The van der Waals surface area contributed by atoms with Crippen LogP contribution in [-0.2, 0) is 4.74 Å². The zero-order valence-electron chi connectivity index (χ0n) is 14.0. The first kappa shape index (κ1) is 17.6. The number of nitrogens with zero attached hydrogens (tertiary/aromatic N) is 2. The van der Waals surface area contributed by atoms with Gasteiger partial charge in [-0.3, -0.25) is 4.99 Å². The Morgan fingerprint density at radius 1 is 1.24 bits per heavy atom. The largest absolute Gasteiger partial charge is 0.444 e. The summed E-state index contributed by atoms with van der Waals surface area (Å²) in [6.07, 6.45) is 1.90. The van der Waals surface area contributed by atoms with E-state index in [4.69, 9.17) is 4.74 Å². The molecule has 1 rings (SSSR count). The molecule has 0 aromatic rings. The number of amides is 1. The van der Waals surface area contributed by atoms with Gasteiger partial charge in [0, 0.05) is 25.7 Å². The minimum absolute atomic E-state index is 0.228. The molecule has 1 saturated carbocycles. The summed E-state index contributed by atoms with van der Waals surface area (Å²) in [6, 6.07) is 0.330. The van der Waals surface area contributed by atoms with Crippen LogP contribution in [0.2, 0.25) is 0 Å². The third-order valence-electron chi connectivity index (χ3n) is 2.91. The van der Waals surface area contributed by atoms with E-state index in [1.165, 1.54) is 0 Å². The maximum absolute atomic E-state index is 12.2. The maximum atomic E-state index is 12.2. The smallest absolute Gasteiger partial charge is 0.410 e. The summed E-state index contributed by atoms with van der Waals surface area (Å²) in [5.41, 5.74) is -0.452. The Hall–Kier alpha value is -1.46. The van der Waals surface area contributed by atoms with Crippen molar-refractivity contribution in [3.63, 3.8) is 0 Å². The predicted octanol–water partition coefficient (Wildman–Crippen LogP) is 1.96. The third-order valence-corrected chi connectivity index (χ3v) is 2.91.